The molecule has 1 aromatic rings. The van der Waals surface area contributed by atoms with Gasteiger partial charge in [0.25, 0.3) is 5.91 Å². The summed E-state index contributed by atoms with van der Waals surface area (Å²) in [4.78, 5) is 38.9. The highest BCUT2D eigenvalue weighted by molar-refractivity contribution is 8.01. The predicted molar refractivity (Wildman–Crippen MR) is 109 cm³/mol. The smallest absolute Gasteiger partial charge is 0.252 e. The monoisotopic (exact) mass is 439 g/mol. The van der Waals surface area contributed by atoms with E-state index in [-0.39, 0.29) is 30.2 Å². The Morgan fingerprint density at radius 3 is 2.86 bits per heavy atom. The summed E-state index contributed by atoms with van der Waals surface area (Å²) in [6.07, 6.45) is 6.38. The lowest BCUT2D eigenvalue weighted by Gasteiger charge is -2.47. The Morgan fingerprint density at radius 2 is 2.10 bits per heavy atom. The molecule has 0 aromatic carbocycles. The number of hydrogen-bond donors (Lipinski definition) is 2. The third-order valence-electron chi connectivity index (χ3n) is 5.71. The lowest BCUT2D eigenvalue weighted by atomic mass is 9.78. The molecule has 0 bridgehead atoms. The number of imide groups is 1. The average Bonchev–Trinajstić information content (AvgIpc) is 3.40. The molecular formula is C18H25N5O4S2. The largest absolute Gasteiger partial charge is 0.376 e. The SMILES string of the molecule is O=C1CN(C(=O)CSc2nnc(NCC3CCCO3)s2)C2(CCCCC2)C(=O)N1. The van der Waals surface area contributed by atoms with Gasteiger partial charge in [-0.2, -0.15) is 0 Å². The number of nitrogens with one attached hydrogen (secondary N) is 2. The molecule has 2 aliphatic heterocycles. The highest BCUT2D eigenvalue weighted by Crippen LogP contribution is 2.36. The van der Waals surface area contributed by atoms with Crippen molar-refractivity contribution in [1.82, 2.24) is 20.4 Å². The zero-order chi connectivity index (χ0) is 20.3. The lowest BCUT2D eigenvalue weighted by molar-refractivity contribution is -0.158. The van der Waals surface area contributed by atoms with Crippen LogP contribution in [0.3, 0.4) is 0 Å². The summed E-state index contributed by atoms with van der Waals surface area (Å²) in [5.41, 5.74) is -0.876. The summed E-state index contributed by atoms with van der Waals surface area (Å²) >= 11 is 2.68. The second kappa shape index (κ2) is 8.97. The average molecular weight is 440 g/mol. The van der Waals surface area contributed by atoms with Crippen LogP contribution in [0.1, 0.15) is 44.9 Å². The van der Waals surface area contributed by atoms with Gasteiger partial charge in [-0.25, -0.2) is 0 Å². The first kappa shape index (κ1) is 20.5. The maximum Gasteiger partial charge on any atom is 0.252 e. The zero-order valence-corrected chi connectivity index (χ0v) is 17.8. The molecule has 3 fully saturated rings. The zero-order valence-electron chi connectivity index (χ0n) is 16.1. The van der Waals surface area contributed by atoms with Gasteiger partial charge in [-0.15, -0.1) is 10.2 Å². The van der Waals surface area contributed by atoms with E-state index in [4.69, 9.17) is 4.74 Å². The molecule has 1 aliphatic carbocycles. The molecule has 11 heteroatoms. The highest BCUT2D eigenvalue weighted by Gasteiger charge is 2.50. The van der Waals surface area contributed by atoms with Gasteiger partial charge in [0.05, 0.1) is 11.9 Å². The summed E-state index contributed by atoms with van der Waals surface area (Å²) in [6.45, 7) is 1.45. The number of nitrogens with zero attached hydrogens (tertiary/aromatic N) is 3. The molecule has 3 amide bonds. The normalized spacial score (nSPS) is 24.0. The molecule has 2 N–H and O–H groups in total. The van der Waals surface area contributed by atoms with E-state index in [1.165, 1.54) is 28.0 Å². The van der Waals surface area contributed by atoms with E-state index in [0.29, 0.717) is 28.9 Å². The lowest BCUT2D eigenvalue weighted by Crippen LogP contribution is -2.69. The number of thioether (sulfide) groups is 1. The van der Waals surface area contributed by atoms with Gasteiger partial charge in [-0.3, -0.25) is 19.7 Å². The predicted octanol–water partition coefficient (Wildman–Crippen LogP) is 1.41. The van der Waals surface area contributed by atoms with Crippen molar-refractivity contribution in [3.8, 4) is 0 Å². The van der Waals surface area contributed by atoms with Gasteiger partial charge in [0.15, 0.2) is 4.34 Å². The molecule has 1 spiro atoms. The summed E-state index contributed by atoms with van der Waals surface area (Å²) in [5.74, 6) is -0.823. The van der Waals surface area contributed by atoms with Crippen LogP contribution in [0.5, 0.6) is 0 Å². The number of piperazine rings is 1. The maximum atomic E-state index is 12.9. The van der Waals surface area contributed by atoms with E-state index in [9.17, 15) is 14.4 Å². The summed E-state index contributed by atoms with van der Waals surface area (Å²) in [7, 11) is 0. The van der Waals surface area contributed by atoms with Crippen LogP contribution in [0.4, 0.5) is 5.13 Å². The van der Waals surface area contributed by atoms with Gasteiger partial charge in [0.1, 0.15) is 12.1 Å². The van der Waals surface area contributed by atoms with Crippen LogP contribution >= 0.6 is 23.1 Å². The second-order valence-corrected chi connectivity index (χ2v) is 9.83. The van der Waals surface area contributed by atoms with Crippen molar-refractivity contribution >= 4 is 46.0 Å². The molecule has 4 rings (SSSR count). The van der Waals surface area contributed by atoms with Crippen molar-refractivity contribution in [2.45, 2.75) is 60.9 Å². The minimum absolute atomic E-state index is 0.0601. The van der Waals surface area contributed by atoms with E-state index in [1.807, 2.05) is 0 Å². The number of ether oxygens (including phenoxy) is 1. The molecule has 3 aliphatic rings. The van der Waals surface area contributed by atoms with Crippen molar-refractivity contribution in [3.63, 3.8) is 0 Å². The van der Waals surface area contributed by atoms with Gasteiger partial charge in [0, 0.05) is 13.2 Å². The number of hydrogen-bond acceptors (Lipinski definition) is 9. The molecule has 2 saturated heterocycles. The van der Waals surface area contributed by atoms with Crippen LogP contribution in [0.2, 0.25) is 0 Å². The number of rotatable bonds is 6. The molecule has 1 atom stereocenters. The maximum absolute atomic E-state index is 12.9. The quantitative estimate of drug-likeness (QED) is 0.505. The Bertz CT molecular complexity index is 774. The second-order valence-electron chi connectivity index (χ2n) is 7.63. The highest BCUT2D eigenvalue weighted by atomic mass is 32.2. The standard InChI is InChI=1S/C18H25N5O4S2/c24-13-10-23(18(15(26)20-13)6-2-1-3-7-18)14(25)11-28-17-22-21-16(29-17)19-9-12-5-4-8-27-12/h12H,1-11H2,(H,19,21)(H,20,24,26). The Balaban J connectivity index is 1.34. The Hall–Kier alpha value is -1.72. The van der Waals surface area contributed by atoms with E-state index in [0.717, 1.165) is 38.7 Å². The summed E-state index contributed by atoms with van der Waals surface area (Å²) < 4.78 is 6.26. The fourth-order valence-electron chi connectivity index (χ4n) is 4.21. The fraction of sp³-hybridized carbons (Fsp3) is 0.722. The van der Waals surface area contributed by atoms with Crippen molar-refractivity contribution < 1.29 is 19.1 Å². The van der Waals surface area contributed by atoms with E-state index in [1.54, 1.807) is 0 Å². The van der Waals surface area contributed by atoms with Crippen molar-refractivity contribution in [1.29, 1.82) is 0 Å². The van der Waals surface area contributed by atoms with Crippen molar-refractivity contribution in [3.05, 3.63) is 0 Å². The molecule has 1 unspecified atom stereocenters. The van der Waals surface area contributed by atoms with Gasteiger partial charge in [-0.1, -0.05) is 42.4 Å². The molecule has 29 heavy (non-hydrogen) atoms. The summed E-state index contributed by atoms with van der Waals surface area (Å²) in [6, 6.07) is 0. The number of carbonyl (C=O) groups is 3. The number of carbonyl (C=O) groups excluding carboxylic acids is 3. The number of amides is 3. The fourth-order valence-corrected chi connectivity index (χ4v) is 5.84. The van der Waals surface area contributed by atoms with Gasteiger partial charge in [-0.05, 0) is 25.7 Å². The van der Waals surface area contributed by atoms with Gasteiger partial charge >= 0.3 is 0 Å². The van der Waals surface area contributed by atoms with E-state index >= 15 is 0 Å². The van der Waals surface area contributed by atoms with E-state index in [2.05, 4.69) is 20.8 Å². The summed E-state index contributed by atoms with van der Waals surface area (Å²) in [5, 5.41) is 14.6. The molecule has 1 aromatic heterocycles. The molecular weight excluding hydrogens is 414 g/mol. The topological polar surface area (TPSA) is 114 Å². The van der Waals surface area contributed by atoms with Crippen molar-refractivity contribution in [2.75, 3.05) is 30.8 Å². The van der Waals surface area contributed by atoms with E-state index < -0.39 is 11.4 Å². The van der Waals surface area contributed by atoms with Gasteiger partial charge < -0.3 is 15.0 Å². The number of anilines is 1. The van der Waals surface area contributed by atoms with Crippen molar-refractivity contribution in [2.24, 2.45) is 0 Å². The van der Waals surface area contributed by atoms with Crippen LogP contribution in [0.25, 0.3) is 0 Å². The van der Waals surface area contributed by atoms with Crippen LogP contribution in [-0.2, 0) is 19.1 Å². The Morgan fingerprint density at radius 1 is 1.28 bits per heavy atom. The Labute approximate surface area is 177 Å². The first-order chi connectivity index (χ1) is 14.1. The first-order valence-electron chi connectivity index (χ1n) is 10.0. The third-order valence-corrected chi connectivity index (χ3v) is 7.71. The van der Waals surface area contributed by atoms with Crippen LogP contribution < -0.4 is 10.6 Å². The van der Waals surface area contributed by atoms with Crippen LogP contribution in [0, 0.1) is 0 Å². The van der Waals surface area contributed by atoms with Gasteiger partial charge in [0.2, 0.25) is 16.9 Å². The molecule has 3 heterocycles. The first-order valence-corrected chi connectivity index (χ1v) is 11.8. The molecule has 0 radical (unpaired) electrons. The minimum atomic E-state index is -0.876. The Kier molecular flexibility index (Phi) is 6.35. The molecule has 158 valence electrons. The third kappa shape index (κ3) is 4.56. The van der Waals surface area contributed by atoms with Crippen LogP contribution in [-0.4, -0.2) is 69.9 Å². The minimum Gasteiger partial charge on any atom is -0.376 e. The van der Waals surface area contributed by atoms with Crippen LogP contribution in [0.15, 0.2) is 4.34 Å². The molecule has 9 nitrogen and oxygen atoms in total. The molecule has 1 saturated carbocycles. The number of aromatic nitrogens is 2.